The highest BCUT2D eigenvalue weighted by Crippen LogP contribution is 2.36. The van der Waals surface area contributed by atoms with Crippen molar-refractivity contribution in [2.75, 3.05) is 18.4 Å². The van der Waals surface area contributed by atoms with Crippen LogP contribution in [-0.4, -0.2) is 82.3 Å². The van der Waals surface area contributed by atoms with E-state index >= 15 is 0 Å². The van der Waals surface area contributed by atoms with Crippen molar-refractivity contribution in [1.82, 2.24) is 39.7 Å². The molecule has 7 rings (SSSR count). The normalized spacial score (nSPS) is 17.9. The number of amides is 3. The molecule has 3 amide bonds. The van der Waals surface area contributed by atoms with Crippen molar-refractivity contribution in [3.8, 4) is 33.6 Å². The number of aromatic amines is 2. The van der Waals surface area contributed by atoms with Crippen molar-refractivity contribution >= 4 is 23.9 Å². The van der Waals surface area contributed by atoms with Gasteiger partial charge in [-0.3, -0.25) is 9.59 Å². The lowest BCUT2D eigenvalue weighted by Gasteiger charge is -2.31. The van der Waals surface area contributed by atoms with Crippen molar-refractivity contribution in [2.24, 2.45) is 11.7 Å². The minimum atomic E-state index is -1.37. The predicted molar refractivity (Wildman–Crippen MR) is 203 cm³/mol. The molecule has 5 N–H and O–H groups in total. The number of nitrogens with one attached hydrogen (secondary N) is 3. The zero-order valence-corrected chi connectivity index (χ0v) is 31.0. The summed E-state index contributed by atoms with van der Waals surface area (Å²) in [5.74, 6) is 1.67. The molecule has 280 valence electrons. The summed E-state index contributed by atoms with van der Waals surface area (Å²) in [5.41, 5.74) is 9.67. The lowest BCUT2D eigenvalue weighted by atomic mass is 10.0. The van der Waals surface area contributed by atoms with Crippen LogP contribution in [-0.2, 0) is 14.3 Å². The Kier molecular flexibility index (Phi) is 10.2. The topological polar surface area (TPSA) is 188 Å². The van der Waals surface area contributed by atoms with Gasteiger partial charge in [0.2, 0.25) is 11.9 Å². The van der Waals surface area contributed by atoms with Crippen LogP contribution in [0.5, 0.6) is 0 Å². The van der Waals surface area contributed by atoms with Gasteiger partial charge in [0.1, 0.15) is 17.7 Å². The van der Waals surface area contributed by atoms with E-state index in [2.05, 4.69) is 66.6 Å². The van der Waals surface area contributed by atoms with Crippen molar-refractivity contribution < 1.29 is 19.1 Å². The van der Waals surface area contributed by atoms with Crippen molar-refractivity contribution in [3.05, 3.63) is 91.0 Å². The Morgan fingerprint density at radius 1 is 0.778 bits per heavy atom. The van der Waals surface area contributed by atoms with Gasteiger partial charge in [-0.2, -0.15) is 0 Å². The highest BCUT2D eigenvalue weighted by Gasteiger charge is 2.42. The van der Waals surface area contributed by atoms with Crippen LogP contribution in [0.15, 0.2) is 79.4 Å². The van der Waals surface area contributed by atoms with Gasteiger partial charge < -0.3 is 35.6 Å². The summed E-state index contributed by atoms with van der Waals surface area (Å²) in [6, 6.07) is 17.5. The lowest BCUT2D eigenvalue weighted by Crippen LogP contribution is -2.48. The molecule has 2 fully saturated rings. The second kappa shape index (κ2) is 15.1. The van der Waals surface area contributed by atoms with E-state index in [9.17, 15) is 14.4 Å². The third kappa shape index (κ3) is 7.54. The zero-order chi connectivity index (χ0) is 38.0. The number of aromatic nitrogens is 6. The number of likely N-dealkylation sites (tertiary alicyclic amines) is 2. The molecule has 3 atom stereocenters. The molecular weight excluding hydrogens is 685 g/mol. The van der Waals surface area contributed by atoms with Crippen molar-refractivity contribution in [1.29, 1.82) is 0 Å². The molecule has 0 radical (unpaired) electrons. The molecule has 2 saturated heterocycles. The standard InChI is InChI=1S/C40H46N10O4/c1-24(2)33(48-39-42-18-7-19-43-39)36(51)49-20-5-8-31(49)34-44-22-29(46-34)27-14-10-25(11-15-27)26-12-16-28(17-13-26)30-23-45-35(47-30)32-9-6-21-50(32)37(52)40(3,4)54-38(41)53/h7,10-19,22-24,31-33H,5-6,8-9,20-21H2,1-4H3,(H2,41,53)(H,44,46)(H,45,47)(H,42,43,48)/t31?,32-,33+/m0/s1. The van der Waals surface area contributed by atoms with Gasteiger partial charge in [0.15, 0.2) is 5.60 Å². The third-order valence-corrected chi connectivity index (χ3v) is 10.3. The first-order valence-corrected chi connectivity index (χ1v) is 18.4. The summed E-state index contributed by atoms with van der Waals surface area (Å²) in [6.07, 6.45) is 9.27. The maximum Gasteiger partial charge on any atom is 0.405 e. The number of carbonyl (C=O) groups is 3. The van der Waals surface area contributed by atoms with Crippen LogP contribution in [0, 0.1) is 5.92 Å². The number of nitrogens with zero attached hydrogens (tertiary/aromatic N) is 6. The summed E-state index contributed by atoms with van der Waals surface area (Å²) < 4.78 is 5.10. The number of anilines is 1. The third-order valence-electron chi connectivity index (χ3n) is 10.3. The molecule has 54 heavy (non-hydrogen) atoms. The fourth-order valence-corrected chi connectivity index (χ4v) is 7.44. The molecule has 5 aromatic rings. The van der Waals surface area contributed by atoms with Crippen molar-refractivity contribution in [3.63, 3.8) is 0 Å². The fraction of sp³-hybridized carbons (Fsp3) is 0.375. The number of primary amides is 1. The molecule has 0 bridgehead atoms. The summed E-state index contributed by atoms with van der Waals surface area (Å²) in [6.45, 7) is 8.35. The highest BCUT2D eigenvalue weighted by molar-refractivity contribution is 5.87. The van der Waals surface area contributed by atoms with Crippen LogP contribution < -0.4 is 11.1 Å². The number of carbonyl (C=O) groups excluding carboxylic acids is 3. The molecule has 2 aromatic carbocycles. The molecule has 2 aliphatic rings. The predicted octanol–water partition coefficient (Wildman–Crippen LogP) is 6.26. The van der Waals surface area contributed by atoms with E-state index in [-0.39, 0.29) is 29.8 Å². The monoisotopic (exact) mass is 730 g/mol. The number of H-pyrrole nitrogens is 2. The molecule has 5 heterocycles. The Balaban J connectivity index is 1.00. The molecule has 14 nitrogen and oxygen atoms in total. The largest absolute Gasteiger partial charge is 0.434 e. The number of benzene rings is 2. The molecule has 0 spiro atoms. The fourth-order valence-electron chi connectivity index (χ4n) is 7.44. The van der Waals surface area contributed by atoms with E-state index in [4.69, 9.17) is 15.5 Å². The first-order valence-electron chi connectivity index (χ1n) is 18.4. The molecule has 2 aliphatic heterocycles. The number of imidazole rings is 2. The minimum Gasteiger partial charge on any atom is -0.434 e. The van der Waals surface area contributed by atoms with Crippen LogP contribution >= 0.6 is 0 Å². The van der Waals surface area contributed by atoms with E-state index in [1.165, 1.54) is 0 Å². The van der Waals surface area contributed by atoms with E-state index in [0.717, 1.165) is 65.1 Å². The number of rotatable bonds is 11. The maximum absolute atomic E-state index is 13.8. The Morgan fingerprint density at radius 2 is 1.26 bits per heavy atom. The van der Waals surface area contributed by atoms with Gasteiger partial charge >= 0.3 is 6.09 Å². The lowest BCUT2D eigenvalue weighted by molar-refractivity contribution is -0.149. The van der Waals surface area contributed by atoms with Gasteiger partial charge in [0.25, 0.3) is 5.91 Å². The van der Waals surface area contributed by atoms with Gasteiger partial charge in [-0.15, -0.1) is 0 Å². The molecule has 0 saturated carbocycles. The van der Waals surface area contributed by atoms with Gasteiger partial charge in [-0.05, 0) is 73.8 Å². The second-order valence-electron chi connectivity index (χ2n) is 14.7. The number of nitrogens with two attached hydrogens (primary N) is 1. The number of ether oxygens (including phenoxy) is 1. The van der Waals surface area contributed by atoms with Gasteiger partial charge in [-0.25, -0.2) is 24.7 Å². The maximum atomic E-state index is 13.8. The molecule has 0 aliphatic carbocycles. The summed E-state index contributed by atoms with van der Waals surface area (Å²) in [4.78, 5) is 66.8. The summed E-state index contributed by atoms with van der Waals surface area (Å²) in [7, 11) is 0. The average molecular weight is 731 g/mol. The molecule has 1 unspecified atom stereocenters. The number of hydrogen-bond acceptors (Lipinski definition) is 9. The average Bonchev–Trinajstić information content (AvgIpc) is 4.00. The van der Waals surface area contributed by atoms with Crippen LogP contribution in [0.1, 0.15) is 77.1 Å². The zero-order valence-electron chi connectivity index (χ0n) is 31.0. The Labute approximate surface area is 314 Å². The molecular formula is C40H46N10O4. The SMILES string of the molecule is CC(C)[C@@H](Nc1ncccn1)C(=O)N1CCCC1c1ncc(-c2ccc(-c3ccc(-c4cnc([C@@H]5CCCN5C(=O)C(C)(C)OC(N)=O)[nH]4)cc3)cc2)[nH]1. The van der Waals surface area contributed by atoms with Gasteiger partial charge in [-0.1, -0.05) is 62.4 Å². The Hall–Kier alpha value is -6.05. The van der Waals surface area contributed by atoms with E-state index < -0.39 is 17.7 Å². The van der Waals surface area contributed by atoms with E-state index in [1.807, 2.05) is 37.1 Å². The van der Waals surface area contributed by atoms with Crippen LogP contribution in [0.3, 0.4) is 0 Å². The van der Waals surface area contributed by atoms with Crippen LogP contribution in [0.25, 0.3) is 33.6 Å². The Bertz CT molecular complexity index is 2090. The van der Waals surface area contributed by atoms with Crippen molar-refractivity contribution in [2.45, 2.75) is 77.1 Å². The molecule has 14 heteroatoms. The number of hydrogen-bond donors (Lipinski definition) is 4. The smallest absolute Gasteiger partial charge is 0.405 e. The molecule has 3 aromatic heterocycles. The quantitative estimate of drug-likeness (QED) is 0.122. The Morgan fingerprint density at radius 3 is 1.76 bits per heavy atom. The van der Waals surface area contributed by atoms with Gasteiger partial charge in [0.05, 0.1) is 35.9 Å². The van der Waals surface area contributed by atoms with E-state index in [1.54, 1.807) is 43.4 Å². The highest BCUT2D eigenvalue weighted by atomic mass is 16.6. The van der Waals surface area contributed by atoms with Crippen LogP contribution in [0.4, 0.5) is 10.7 Å². The summed E-state index contributed by atoms with van der Waals surface area (Å²) in [5, 5.41) is 3.24. The van der Waals surface area contributed by atoms with E-state index in [0.29, 0.717) is 24.9 Å². The first kappa shape index (κ1) is 36.3. The van der Waals surface area contributed by atoms with Gasteiger partial charge in [0, 0.05) is 25.5 Å². The summed E-state index contributed by atoms with van der Waals surface area (Å²) >= 11 is 0. The second-order valence-corrected chi connectivity index (χ2v) is 14.7. The minimum absolute atomic E-state index is 0.0200. The van der Waals surface area contributed by atoms with Crippen LogP contribution in [0.2, 0.25) is 0 Å². The first-order chi connectivity index (χ1) is 26.0.